The summed E-state index contributed by atoms with van der Waals surface area (Å²) in [4.78, 5) is 0. The molecule has 0 amide bonds. The number of ether oxygens (including phenoxy) is 3. The van der Waals surface area contributed by atoms with E-state index < -0.39 is 6.36 Å². The number of hydrogen-bond donors (Lipinski definition) is 0. The van der Waals surface area contributed by atoms with Gasteiger partial charge in [-0.1, -0.05) is 24.3 Å². The van der Waals surface area contributed by atoms with Crippen LogP contribution in [0.25, 0.3) is 6.08 Å². The van der Waals surface area contributed by atoms with Crippen molar-refractivity contribution in [1.29, 1.82) is 0 Å². The van der Waals surface area contributed by atoms with Crippen LogP contribution in [0.3, 0.4) is 0 Å². The molecule has 0 aromatic heterocycles. The molecule has 0 unspecified atom stereocenters. The van der Waals surface area contributed by atoms with Gasteiger partial charge in [-0.15, -0.1) is 13.2 Å². The Balaban J connectivity index is 1.89. The average molecular weight is 360 g/mol. The Bertz CT molecular complexity index is 591. The molecule has 1 aliphatic heterocycles. The highest BCUT2D eigenvalue weighted by Crippen LogP contribution is 2.25. The molecule has 1 fully saturated rings. The van der Waals surface area contributed by atoms with Crippen molar-refractivity contribution in [3.05, 3.63) is 47.6 Å². The number of alkyl halides is 3. The van der Waals surface area contributed by atoms with Crippen LogP contribution in [0.5, 0.6) is 5.75 Å². The second kappa shape index (κ2) is 8.60. The minimum Gasteiger partial charge on any atom is -0.406 e. The fourth-order valence-corrected chi connectivity index (χ4v) is 2.52. The summed E-state index contributed by atoms with van der Waals surface area (Å²) in [5.41, 5.74) is 1.50. The topological polar surface area (TPSA) is 27.7 Å². The van der Waals surface area contributed by atoms with E-state index in [4.69, 9.17) is 9.47 Å². The molecule has 1 aromatic rings. The van der Waals surface area contributed by atoms with Crippen LogP contribution < -0.4 is 4.74 Å². The van der Waals surface area contributed by atoms with Crippen LogP contribution in [0, 0.1) is 6.92 Å². The largest absolute Gasteiger partial charge is 0.573 e. The van der Waals surface area contributed by atoms with Crippen molar-refractivity contribution in [1.82, 2.24) is 0 Å². The zero-order valence-corrected chi connectivity index (χ0v) is 14.2. The summed E-state index contributed by atoms with van der Waals surface area (Å²) < 4.78 is 51.5. The zero-order chi connectivity index (χ0) is 17.6. The fraction of sp³-hybridized carbons (Fsp3) is 0.412. The van der Waals surface area contributed by atoms with E-state index in [2.05, 4.69) is 4.74 Å². The Morgan fingerprint density at radius 3 is 2.50 bits per heavy atom. The molecule has 132 valence electrons. The van der Waals surface area contributed by atoms with Gasteiger partial charge in [0.2, 0.25) is 0 Å². The van der Waals surface area contributed by atoms with Gasteiger partial charge in [0, 0.05) is 0 Å². The maximum absolute atomic E-state index is 12.2. The maximum atomic E-state index is 12.2. The van der Waals surface area contributed by atoms with Crippen molar-refractivity contribution in [2.24, 2.45) is 0 Å². The molecule has 0 bridgehead atoms. The van der Waals surface area contributed by atoms with Crippen molar-refractivity contribution >= 4 is 17.8 Å². The van der Waals surface area contributed by atoms with Crippen molar-refractivity contribution in [3.63, 3.8) is 0 Å². The molecule has 0 saturated carbocycles. The van der Waals surface area contributed by atoms with Gasteiger partial charge in [0.05, 0.1) is 18.5 Å². The summed E-state index contributed by atoms with van der Waals surface area (Å²) in [6.45, 7) is 3.03. The van der Waals surface area contributed by atoms with Crippen molar-refractivity contribution in [3.8, 4) is 5.75 Å². The van der Waals surface area contributed by atoms with Crippen LogP contribution in [0.4, 0.5) is 13.2 Å². The van der Waals surface area contributed by atoms with E-state index >= 15 is 0 Å². The van der Waals surface area contributed by atoms with Gasteiger partial charge < -0.3 is 14.2 Å². The Kier molecular flexibility index (Phi) is 6.77. The van der Waals surface area contributed by atoms with Gasteiger partial charge in [0.25, 0.3) is 0 Å². The monoisotopic (exact) mass is 360 g/mol. The first-order valence-corrected chi connectivity index (χ1v) is 8.63. The minimum atomic E-state index is -4.68. The highest BCUT2D eigenvalue weighted by atomic mass is 32.2. The van der Waals surface area contributed by atoms with Crippen molar-refractivity contribution in [2.75, 3.05) is 19.5 Å². The number of allylic oxidation sites excluding steroid dienone is 2. The number of benzene rings is 1. The van der Waals surface area contributed by atoms with Crippen molar-refractivity contribution < 1.29 is 27.4 Å². The van der Waals surface area contributed by atoms with E-state index in [9.17, 15) is 13.2 Å². The van der Waals surface area contributed by atoms with Crippen LogP contribution in [0.15, 0.2) is 36.4 Å². The zero-order valence-electron chi connectivity index (χ0n) is 13.4. The molecule has 0 radical (unpaired) electrons. The summed E-state index contributed by atoms with van der Waals surface area (Å²) in [6, 6.07) is 4.23. The lowest BCUT2D eigenvalue weighted by Gasteiger charge is -2.26. The molecule has 1 aromatic carbocycles. The molecule has 0 aliphatic carbocycles. The Morgan fingerprint density at radius 1 is 1.21 bits per heavy atom. The van der Waals surface area contributed by atoms with E-state index in [1.807, 2.05) is 6.26 Å². The van der Waals surface area contributed by atoms with Gasteiger partial charge in [-0.05, 0) is 42.5 Å². The quantitative estimate of drug-likeness (QED) is 0.719. The number of thioether (sulfide) groups is 1. The summed E-state index contributed by atoms with van der Waals surface area (Å²) in [6.07, 6.45) is 4.16. The second-order valence-corrected chi connectivity index (χ2v) is 6.34. The smallest absolute Gasteiger partial charge is 0.406 e. The standard InChI is InChI=1S/C17H19F3O3S/c1-12-9-14(23-17(18,19)20)8-7-13(12)5-3-4-6-16-21-10-15(24-2)11-22-16/h3-9,15-16H,10-11H2,1-2H3. The van der Waals surface area contributed by atoms with Crippen molar-refractivity contribution in [2.45, 2.75) is 24.8 Å². The molecule has 7 heteroatoms. The Hall–Kier alpha value is -1.44. The molecule has 1 heterocycles. The maximum Gasteiger partial charge on any atom is 0.573 e. The van der Waals surface area contributed by atoms with Gasteiger partial charge in [-0.3, -0.25) is 0 Å². The predicted molar refractivity (Wildman–Crippen MR) is 89.0 cm³/mol. The summed E-state index contributed by atoms with van der Waals surface area (Å²) in [5.74, 6) is -0.222. The van der Waals surface area contributed by atoms with Gasteiger partial charge in [-0.25, -0.2) is 0 Å². The van der Waals surface area contributed by atoms with Gasteiger partial charge >= 0.3 is 6.36 Å². The molecule has 1 aliphatic rings. The lowest BCUT2D eigenvalue weighted by Crippen LogP contribution is -2.32. The number of rotatable bonds is 5. The predicted octanol–water partition coefficient (Wildman–Crippen LogP) is 4.57. The molecular weight excluding hydrogens is 341 g/mol. The molecular formula is C17H19F3O3S. The fourth-order valence-electron chi connectivity index (χ4n) is 2.09. The van der Waals surface area contributed by atoms with Gasteiger partial charge in [0.15, 0.2) is 6.29 Å². The number of aryl methyl sites for hydroxylation is 1. The molecule has 0 N–H and O–H groups in total. The molecule has 0 spiro atoms. The SMILES string of the molecule is CSC1COC(C=CC=Cc2ccc(OC(F)(F)F)cc2C)OC1. The first-order chi connectivity index (χ1) is 11.4. The van der Waals surface area contributed by atoms with Crippen LogP contribution in [0.2, 0.25) is 0 Å². The lowest BCUT2D eigenvalue weighted by molar-refractivity contribution is -0.274. The van der Waals surface area contributed by atoms with E-state index in [0.717, 1.165) is 5.56 Å². The Morgan fingerprint density at radius 2 is 1.92 bits per heavy atom. The second-order valence-electron chi connectivity index (χ2n) is 5.20. The third-order valence-electron chi connectivity index (χ3n) is 3.36. The minimum absolute atomic E-state index is 0.222. The summed E-state index contributed by atoms with van der Waals surface area (Å²) in [5, 5.41) is 0.366. The first-order valence-electron chi connectivity index (χ1n) is 7.34. The van der Waals surface area contributed by atoms with Crippen LogP contribution >= 0.6 is 11.8 Å². The summed E-state index contributed by atoms with van der Waals surface area (Å²) >= 11 is 1.71. The molecule has 3 nitrogen and oxygen atoms in total. The molecule has 24 heavy (non-hydrogen) atoms. The van der Waals surface area contributed by atoms with E-state index in [1.54, 1.807) is 49.1 Å². The normalized spacial score (nSPS) is 22.4. The van der Waals surface area contributed by atoms with Gasteiger partial charge in [0.1, 0.15) is 5.75 Å². The van der Waals surface area contributed by atoms with Crippen LogP contribution in [0.1, 0.15) is 11.1 Å². The number of hydrogen-bond acceptors (Lipinski definition) is 4. The van der Waals surface area contributed by atoms with Crippen LogP contribution in [-0.4, -0.2) is 37.4 Å². The third kappa shape index (κ3) is 6.22. The summed E-state index contributed by atoms with van der Waals surface area (Å²) in [7, 11) is 0. The van der Waals surface area contributed by atoms with Gasteiger partial charge in [-0.2, -0.15) is 11.8 Å². The average Bonchev–Trinajstić information content (AvgIpc) is 2.52. The lowest BCUT2D eigenvalue weighted by atomic mass is 10.1. The van der Waals surface area contributed by atoms with E-state index in [0.29, 0.717) is 24.0 Å². The molecule has 2 rings (SSSR count). The van der Waals surface area contributed by atoms with E-state index in [-0.39, 0.29) is 12.0 Å². The highest BCUT2D eigenvalue weighted by Gasteiger charge is 2.31. The highest BCUT2D eigenvalue weighted by molar-refractivity contribution is 7.99. The van der Waals surface area contributed by atoms with E-state index in [1.165, 1.54) is 12.1 Å². The third-order valence-corrected chi connectivity index (χ3v) is 4.29. The molecule has 1 saturated heterocycles. The van der Waals surface area contributed by atoms with Crippen LogP contribution in [-0.2, 0) is 9.47 Å². The number of halogens is 3. The molecule has 0 atom stereocenters. The Labute approximate surface area is 143 Å². The first kappa shape index (κ1) is 18.9.